The molecule has 1 unspecified atom stereocenters. The van der Waals surface area contributed by atoms with Crippen LogP contribution in [0.2, 0.25) is 0 Å². The van der Waals surface area contributed by atoms with Crippen molar-refractivity contribution in [2.75, 3.05) is 0 Å². The molecule has 0 amide bonds. The molecular weight excluding hydrogens is 288 g/mol. The van der Waals surface area contributed by atoms with E-state index in [9.17, 15) is 9.90 Å². The van der Waals surface area contributed by atoms with E-state index < -0.39 is 11.9 Å². The Morgan fingerprint density at radius 3 is 2.43 bits per heavy atom. The Morgan fingerprint density at radius 2 is 1.83 bits per heavy atom. The first-order valence-electron chi connectivity index (χ1n) is 7.28. The van der Waals surface area contributed by atoms with Crippen LogP contribution in [0.25, 0.3) is 11.8 Å². The molecule has 3 aromatic rings. The Hall–Kier alpha value is -3.14. The van der Waals surface area contributed by atoms with E-state index in [2.05, 4.69) is 4.98 Å². The molecule has 0 saturated heterocycles. The summed E-state index contributed by atoms with van der Waals surface area (Å²) in [7, 11) is 0. The lowest BCUT2D eigenvalue weighted by Crippen LogP contribution is -2.08. The van der Waals surface area contributed by atoms with Gasteiger partial charge in [-0.15, -0.1) is 0 Å². The van der Waals surface area contributed by atoms with Crippen molar-refractivity contribution in [1.29, 1.82) is 0 Å². The zero-order valence-electron chi connectivity index (χ0n) is 12.4. The van der Waals surface area contributed by atoms with Crippen molar-refractivity contribution in [2.45, 2.75) is 5.92 Å². The van der Waals surface area contributed by atoms with Crippen LogP contribution in [0.3, 0.4) is 0 Å². The van der Waals surface area contributed by atoms with Gasteiger partial charge in [0.05, 0.1) is 6.33 Å². The lowest BCUT2D eigenvalue weighted by atomic mass is 9.98. The summed E-state index contributed by atoms with van der Waals surface area (Å²) in [5.41, 5.74) is 2.74. The molecule has 23 heavy (non-hydrogen) atoms. The summed E-state index contributed by atoms with van der Waals surface area (Å²) in [6.07, 6.45) is 8.89. The van der Waals surface area contributed by atoms with E-state index in [0.29, 0.717) is 0 Å². The second-order valence-electron chi connectivity index (χ2n) is 5.15. The Balaban J connectivity index is 1.79. The largest absolute Gasteiger partial charge is 0.481 e. The molecule has 4 heteroatoms. The summed E-state index contributed by atoms with van der Waals surface area (Å²) < 4.78 is 1.91. The molecule has 114 valence electrons. The Bertz CT molecular complexity index is 791. The van der Waals surface area contributed by atoms with Gasteiger partial charge in [0.15, 0.2) is 0 Å². The zero-order valence-corrected chi connectivity index (χ0v) is 12.4. The third-order valence-electron chi connectivity index (χ3n) is 3.60. The van der Waals surface area contributed by atoms with Crippen LogP contribution in [0, 0.1) is 0 Å². The molecule has 4 nitrogen and oxygen atoms in total. The molecule has 1 atom stereocenters. The van der Waals surface area contributed by atoms with Crippen LogP contribution in [0.4, 0.5) is 0 Å². The fourth-order valence-corrected chi connectivity index (χ4v) is 2.37. The topological polar surface area (TPSA) is 55.1 Å². The van der Waals surface area contributed by atoms with Crippen LogP contribution in [0.1, 0.15) is 17.0 Å². The number of carboxylic acid groups (broad SMARTS) is 1. The van der Waals surface area contributed by atoms with Crippen LogP contribution in [0.5, 0.6) is 0 Å². The minimum atomic E-state index is -0.859. The van der Waals surface area contributed by atoms with E-state index >= 15 is 0 Å². The van der Waals surface area contributed by atoms with Gasteiger partial charge < -0.3 is 9.67 Å². The summed E-state index contributed by atoms with van der Waals surface area (Å²) in [5, 5.41) is 9.41. The summed E-state index contributed by atoms with van der Waals surface area (Å²) in [5.74, 6) is -1.51. The number of aliphatic carboxylic acids is 1. The fourth-order valence-electron chi connectivity index (χ4n) is 2.37. The van der Waals surface area contributed by atoms with Gasteiger partial charge in [0.2, 0.25) is 0 Å². The average Bonchev–Trinajstić information content (AvgIpc) is 3.11. The van der Waals surface area contributed by atoms with Crippen LogP contribution < -0.4 is 0 Å². The Labute approximate surface area is 134 Å². The molecule has 1 N–H and O–H groups in total. The predicted octanol–water partition coefficient (Wildman–Crippen LogP) is 3.75. The molecular formula is C19H16N2O2. The third-order valence-corrected chi connectivity index (χ3v) is 3.60. The molecule has 0 bridgehead atoms. The highest BCUT2D eigenvalue weighted by molar-refractivity contribution is 5.80. The molecule has 0 fully saturated rings. The van der Waals surface area contributed by atoms with Gasteiger partial charge in [0.1, 0.15) is 5.92 Å². The molecule has 0 aliphatic rings. The van der Waals surface area contributed by atoms with Crippen LogP contribution in [-0.4, -0.2) is 20.6 Å². The Kier molecular flexibility index (Phi) is 4.34. The number of rotatable bonds is 5. The van der Waals surface area contributed by atoms with Crippen molar-refractivity contribution < 1.29 is 9.90 Å². The fraction of sp³-hybridized carbons (Fsp3) is 0.0526. The second-order valence-corrected chi connectivity index (χ2v) is 5.15. The highest BCUT2D eigenvalue weighted by Crippen LogP contribution is 2.19. The summed E-state index contributed by atoms with van der Waals surface area (Å²) in [4.78, 5) is 15.5. The minimum Gasteiger partial charge on any atom is -0.481 e. The first-order valence-corrected chi connectivity index (χ1v) is 7.28. The lowest BCUT2D eigenvalue weighted by molar-refractivity contribution is -0.137. The molecule has 3 rings (SSSR count). The monoisotopic (exact) mass is 304 g/mol. The third kappa shape index (κ3) is 3.55. The van der Waals surface area contributed by atoms with Gasteiger partial charge in [0, 0.05) is 18.1 Å². The molecule has 0 radical (unpaired) electrons. The molecule has 0 saturated carbocycles. The highest BCUT2D eigenvalue weighted by atomic mass is 16.4. The van der Waals surface area contributed by atoms with Gasteiger partial charge in [0.25, 0.3) is 0 Å². The molecule has 0 aliphatic carbocycles. The van der Waals surface area contributed by atoms with Crippen molar-refractivity contribution in [1.82, 2.24) is 9.55 Å². The number of carboxylic acids is 1. The maximum Gasteiger partial charge on any atom is 0.314 e. The van der Waals surface area contributed by atoms with E-state index in [4.69, 9.17) is 0 Å². The maximum absolute atomic E-state index is 11.5. The van der Waals surface area contributed by atoms with Crippen LogP contribution >= 0.6 is 0 Å². The summed E-state index contributed by atoms with van der Waals surface area (Å²) in [6, 6.07) is 17.1. The molecule has 2 aromatic carbocycles. The normalized spacial score (nSPS) is 12.3. The van der Waals surface area contributed by atoms with Crippen molar-refractivity contribution in [3.63, 3.8) is 0 Å². The number of nitrogens with zero attached hydrogens (tertiary/aromatic N) is 2. The summed E-state index contributed by atoms with van der Waals surface area (Å²) in [6.45, 7) is 0. The number of aromatic nitrogens is 2. The first-order chi connectivity index (χ1) is 11.2. The average molecular weight is 304 g/mol. The SMILES string of the molecule is O=C(O)C(C=Cc1ccc(-n2ccnc2)cc1)c1ccccc1. The van der Waals surface area contributed by atoms with E-state index in [1.54, 1.807) is 18.6 Å². The molecule has 0 aliphatic heterocycles. The van der Waals surface area contributed by atoms with Crippen LogP contribution in [-0.2, 0) is 4.79 Å². The van der Waals surface area contributed by atoms with Gasteiger partial charge in [-0.2, -0.15) is 0 Å². The van der Waals surface area contributed by atoms with Crippen molar-refractivity contribution in [3.8, 4) is 5.69 Å². The van der Waals surface area contributed by atoms with E-state index in [1.165, 1.54) is 0 Å². The maximum atomic E-state index is 11.5. The van der Waals surface area contributed by atoms with E-state index in [-0.39, 0.29) is 0 Å². The van der Waals surface area contributed by atoms with Crippen molar-refractivity contribution in [2.24, 2.45) is 0 Å². The molecule has 0 spiro atoms. The zero-order chi connectivity index (χ0) is 16.1. The van der Waals surface area contributed by atoms with Gasteiger partial charge in [-0.05, 0) is 23.3 Å². The van der Waals surface area contributed by atoms with Gasteiger partial charge in [-0.1, -0.05) is 54.6 Å². The number of hydrogen-bond donors (Lipinski definition) is 1. The lowest BCUT2D eigenvalue weighted by Gasteiger charge is -2.08. The molecule has 1 aromatic heterocycles. The Morgan fingerprint density at radius 1 is 1.09 bits per heavy atom. The highest BCUT2D eigenvalue weighted by Gasteiger charge is 2.15. The van der Waals surface area contributed by atoms with Crippen molar-refractivity contribution in [3.05, 3.63) is 90.5 Å². The predicted molar refractivity (Wildman–Crippen MR) is 89.4 cm³/mol. The van der Waals surface area contributed by atoms with Gasteiger partial charge in [-0.25, -0.2) is 4.98 Å². The van der Waals surface area contributed by atoms with Crippen molar-refractivity contribution >= 4 is 12.0 Å². The number of hydrogen-bond acceptors (Lipinski definition) is 2. The molecule has 1 heterocycles. The standard InChI is InChI=1S/C19H16N2O2/c22-19(23)18(16-4-2-1-3-5-16)11-8-15-6-9-17(10-7-15)21-13-12-20-14-21/h1-14,18H,(H,22,23). The number of benzene rings is 2. The van der Waals surface area contributed by atoms with Gasteiger partial charge in [-0.3, -0.25) is 4.79 Å². The minimum absolute atomic E-state index is 0.649. The van der Waals surface area contributed by atoms with E-state index in [1.807, 2.05) is 71.4 Å². The second kappa shape index (κ2) is 6.75. The number of carbonyl (C=O) groups is 1. The van der Waals surface area contributed by atoms with E-state index in [0.717, 1.165) is 16.8 Å². The summed E-state index contributed by atoms with van der Waals surface area (Å²) >= 11 is 0. The van der Waals surface area contributed by atoms with Gasteiger partial charge >= 0.3 is 5.97 Å². The van der Waals surface area contributed by atoms with Crippen LogP contribution in [0.15, 0.2) is 79.4 Å². The first kappa shape index (κ1) is 14.8. The quantitative estimate of drug-likeness (QED) is 0.781. The smallest absolute Gasteiger partial charge is 0.314 e. The number of imidazole rings is 1.